The molecule has 3 aromatic rings. The molecule has 3 aromatic carbocycles. The molecule has 0 atom stereocenters. The number of aliphatic imine (C=N–C) groups is 1. The highest BCUT2D eigenvalue weighted by Crippen LogP contribution is 2.38. The van der Waals surface area contributed by atoms with E-state index >= 15 is 0 Å². The monoisotopic (exact) mass is 576 g/mol. The number of thioether (sulfide) groups is 1. The van der Waals surface area contributed by atoms with Gasteiger partial charge in [-0.25, -0.2) is 0 Å². The summed E-state index contributed by atoms with van der Waals surface area (Å²) in [5.74, 6) is 1.45. The Balaban J connectivity index is 1.31. The topological polar surface area (TPSA) is 106 Å². The Morgan fingerprint density at radius 2 is 1.75 bits per heavy atom. The Morgan fingerprint density at radius 3 is 2.50 bits per heavy atom. The molecule has 2 heterocycles. The number of carbonyl (C=O) groups excluding carboxylic acids is 1. The Morgan fingerprint density at radius 1 is 1.00 bits per heavy atom. The van der Waals surface area contributed by atoms with E-state index in [1.807, 2.05) is 49.4 Å². The van der Waals surface area contributed by atoms with Crippen LogP contribution >= 0.6 is 23.4 Å². The quantitative estimate of drug-likeness (QED) is 0.254. The van der Waals surface area contributed by atoms with Crippen LogP contribution in [0.4, 0.5) is 0 Å². The summed E-state index contributed by atoms with van der Waals surface area (Å²) in [7, 11) is 3.09. The molecule has 9 nitrogen and oxygen atoms in total. The van der Waals surface area contributed by atoms with Crippen molar-refractivity contribution in [2.75, 3.05) is 27.4 Å². The van der Waals surface area contributed by atoms with Gasteiger partial charge in [0.05, 0.1) is 24.8 Å². The number of aryl methyl sites for hydroxylation is 1. The molecule has 2 aliphatic rings. The lowest BCUT2D eigenvalue weighted by molar-refractivity contribution is -0.114. The average Bonchev–Trinajstić information content (AvgIpc) is 3.38. The zero-order valence-corrected chi connectivity index (χ0v) is 23.5. The highest BCUT2D eigenvalue weighted by molar-refractivity contribution is 8.27. The van der Waals surface area contributed by atoms with E-state index in [1.165, 1.54) is 23.9 Å². The van der Waals surface area contributed by atoms with Crippen LogP contribution in [0.15, 0.2) is 76.3 Å². The van der Waals surface area contributed by atoms with Crippen LogP contribution in [0.5, 0.6) is 23.0 Å². The third kappa shape index (κ3) is 5.83. The van der Waals surface area contributed by atoms with E-state index in [0.29, 0.717) is 38.8 Å². The second-order valence-corrected chi connectivity index (χ2v) is 10.1. The van der Waals surface area contributed by atoms with E-state index in [4.69, 9.17) is 36.0 Å². The Hall–Kier alpha value is -4.28. The molecule has 0 saturated carbocycles. The molecule has 0 fully saturated rings. The van der Waals surface area contributed by atoms with Crippen molar-refractivity contribution in [2.24, 2.45) is 10.1 Å². The van der Waals surface area contributed by atoms with Crippen molar-refractivity contribution in [1.29, 1.82) is 5.41 Å². The summed E-state index contributed by atoms with van der Waals surface area (Å²) < 4.78 is 22.3. The number of nitrogens with zero attached hydrogens (tertiary/aromatic N) is 3. The lowest BCUT2D eigenvalue weighted by atomic mass is 10.1. The van der Waals surface area contributed by atoms with E-state index < -0.39 is 5.91 Å². The molecule has 0 radical (unpaired) electrons. The van der Waals surface area contributed by atoms with E-state index in [0.717, 1.165) is 11.1 Å². The van der Waals surface area contributed by atoms with Gasteiger partial charge in [0.2, 0.25) is 5.17 Å². The molecule has 0 aromatic heterocycles. The number of hydrazone groups is 1. The molecule has 11 heteroatoms. The summed E-state index contributed by atoms with van der Waals surface area (Å²) >= 11 is 7.79. The number of ether oxygens (including phenoxy) is 4. The van der Waals surface area contributed by atoms with Crippen LogP contribution in [-0.4, -0.2) is 54.4 Å². The fourth-order valence-electron chi connectivity index (χ4n) is 3.93. The smallest absolute Gasteiger partial charge is 0.283 e. The molecule has 0 unspecified atom stereocenters. The fraction of sp³-hybridized carbons (Fsp3) is 0.172. The first-order valence-corrected chi connectivity index (χ1v) is 13.4. The largest absolute Gasteiger partial charge is 0.497 e. The van der Waals surface area contributed by atoms with Crippen molar-refractivity contribution in [3.05, 3.63) is 87.9 Å². The van der Waals surface area contributed by atoms with Crippen LogP contribution in [0, 0.1) is 12.3 Å². The van der Waals surface area contributed by atoms with Gasteiger partial charge in [-0.1, -0.05) is 47.5 Å². The molecule has 0 bridgehead atoms. The summed E-state index contributed by atoms with van der Waals surface area (Å²) in [5.41, 5.74) is 2.64. The van der Waals surface area contributed by atoms with E-state index in [-0.39, 0.29) is 29.6 Å². The van der Waals surface area contributed by atoms with Gasteiger partial charge in [0.25, 0.3) is 5.91 Å². The summed E-state index contributed by atoms with van der Waals surface area (Å²) in [6, 6.07) is 18.5. The number of halogens is 1. The SMILES string of the molecule is COc1cccc(OCCOc2c(Cl)cc(/C=C3/C(=N)N4N=C(c5ccc(C)cc5)SC4=NC3=O)cc2OC)c1. The second-order valence-electron chi connectivity index (χ2n) is 8.70. The van der Waals surface area contributed by atoms with Gasteiger partial charge in [0, 0.05) is 11.6 Å². The van der Waals surface area contributed by atoms with Gasteiger partial charge in [-0.3, -0.25) is 10.2 Å². The Labute approximate surface area is 240 Å². The lowest BCUT2D eigenvalue weighted by Gasteiger charge is -2.20. The van der Waals surface area contributed by atoms with Crippen molar-refractivity contribution in [3.8, 4) is 23.0 Å². The first-order valence-electron chi connectivity index (χ1n) is 12.2. The molecular formula is C29H25ClN4O5S. The van der Waals surface area contributed by atoms with Crippen LogP contribution in [0.3, 0.4) is 0 Å². The van der Waals surface area contributed by atoms with Crippen molar-refractivity contribution in [3.63, 3.8) is 0 Å². The molecule has 1 amide bonds. The average molecular weight is 577 g/mol. The standard InChI is InChI=1S/C29H25ClN4O5S/c1-17-7-9-19(10-8-17)28-33-34-26(31)22(27(35)32-29(34)40-28)13-18-14-23(30)25(24(15-18)37-3)39-12-11-38-21-6-4-5-20(16-21)36-2/h4-10,13-16,31H,11-12H2,1-3H3/b22-13-,31-26?. The van der Waals surface area contributed by atoms with Crippen molar-refractivity contribution >= 4 is 51.4 Å². The Kier molecular flexibility index (Phi) is 8.09. The molecular weight excluding hydrogens is 552 g/mol. The predicted molar refractivity (Wildman–Crippen MR) is 157 cm³/mol. The van der Waals surface area contributed by atoms with Crippen LogP contribution in [0.1, 0.15) is 16.7 Å². The van der Waals surface area contributed by atoms with Gasteiger partial charge in [-0.15, -0.1) is 0 Å². The molecule has 40 heavy (non-hydrogen) atoms. The van der Waals surface area contributed by atoms with Crippen LogP contribution in [-0.2, 0) is 4.79 Å². The van der Waals surface area contributed by atoms with E-state index in [9.17, 15) is 4.79 Å². The molecule has 2 aliphatic heterocycles. The number of carbonyl (C=O) groups is 1. The number of amides is 1. The number of hydrogen-bond donors (Lipinski definition) is 1. The van der Waals surface area contributed by atoms with Gasteiger partial charge in [0.15, 0.2) is 17.3 Å². The summed E-state index contributed by atoms with van der Waals surface area (Å²) in [4.78, 5) is 17.0. The van der Waals surface area contributed by atoms with Gasteiger partial charge < -0.3 is 18.9 Å². The maximum Gasteiger partial charge on any atom is 0.283 e. The van der Waals surface area contributed by atoms with Crippen LogP contribution in [0.25, 0.3) is 6.08 Å². The van der Waals surface area contributed by atoms with E-state index in [2.05, 4.69) is 10.1 Å². The minimum absolute atomic E-state index is 0.0743. The van der Waals surface area contributed by atoms with Crippen LogP contribution < -0.4 is 18.9 Å². The number of rotatable bonds is 9. The molecule has 0 aliphatic carbocycles. The molecule has 5 rings (SSSR count). The maximum absolute atomic E-state index is 12.9. The maximum atomic E-state index is 12.9. The van der Waals surface area contributed by atoms with Gasteiger partial charge in [0.1, 0.15) is 29.8 Å². The zero-order valence-electron chi connectivity index (χ0n) is 21.9. The number of benzene rings is 3. The molecule has 0 saturated heterocycles. The van der Waals surface area contributed by atoms with Crippen molar-refractivity contribution < 1.29 is 23.7 Å². The number of nitrogens with one attached hydrogen (secondary N) is 1. The normalized spacial score (nSPS) is 15.5. The number of methoxy groups -OCH3 is 2. The molecule has 0 spiro atoms. The fourth-order valence-corrected chi connectivity index (χ4v) is 5.10. The first-order chi connectivity index (χ1) is 19.4. The summed E-state index contributed by atoms with van der Waals surface area (Å²) in [5, 5.41) is 15.9. The summed E-state index contributed by atoms with van der Waals surface area (Å²) in [6.45, 7) is 2.48. The lowest BCUT2D eigenvalue weighted by Crippen LogP contribution is -2.35. The molecule has 204 valence electrons. The van der Waals surface area contributed by atoms with Crippen molar-refractivity contribution in [2.45, 2.75) is 6.92 Å². The number of hydrogen-bond acceptors (Lipinski definition) is 8. The highest BCUT2D eigenvalue weighted by atomic mass is 35.5. The number of fused-ring (bicyclic) bond motifs is 1. The van der Waals surface area contributed by atoms with Gasteiger partial charge >= 0.3 is 0 Å². The minimum atomic E-state index is -0.533. The number of amidine groups is 2. The first kappa shape index (κ1) is 27.3. The van der Waals surface area contributed by atoms with E-state index in [1.54, 1.807) is 31.4 Å². The van der Waals surface area contributed by atoms with Crippen molar-refractivity contribution in [1.82, 2.24) is 5.01 Å². The minimum Gasteiger partial charge on any atom is -0.497 e. The Bertz CT molecular complexity index is 1570. The second kappa shape index (κ2) is 11.8. The zero-order chi connectivity index (χ0) is 28.2. The highest BCUT2D eigenvalue weighted by Gasteiger charge is 2.36. The van der Waals surface area contributed by atoms with Crippen LogP contribution in [0.2, 0.25) is 5.02 Å². The summed E-state index contributed by atoms with van der Waals surface area (Å²) in [6.07, 6.45) is 1.54. The predicted octanol–water partition coefficient (Wildman–Crippen LogP) is 5.79. The third-order valence-electron chi connectivity index (χ3n) is 5.96. The third-order valence-corrected chi connectivity index (χ3v) is 7.19. The van der Waals surface area contributed by atoms with Gasteiger partial charge in [-0.2, -0.15) is 15.1 Å². The molecule has 1 N–H and O–H groups in total. The van der Waals surface area contributed by atoms with Gasteiger partial charge in [-0.05, 0) is 54.6 Å².